The van der Waals surface area contributed by atoms with Crippen molar-refractivity contribution in [3.63, 3.8) is 0 Å². The Bertz CT molecular complexity index is 533. The zero-order valence-electron chi connectivity index (χ0n) is 14.7. The Labute approximate surface area is 140 Å². The first-order valence-corrected chi connectivity index (χ1v) is 8.84. The first kappa shape index (κ1) is 16.2. The molecule has 0 unspecified atom stereocenters. The average molecular weight is 315 g/mol. The van der Waals surface area contributed by atoms with Crippen LogP contribution in [0.5, 0.6) is 0 Å². The Morgan fingerprint density at radius 2 is 1.22 bits per heavy atom. The molecule has 1 aromatic carbocycles. The summed E-state index contributed by atoms with van der Waals surface area (Å²) >= 11 is 0. The van der Waals surface area contributed by atoms with E-state index in [1.54, 1.807) is 0 Å². The summed E-state index contributed by atoms with van der Waals surface area (Å²) in [4.78, 5) is 19.2. The molecule has 2 fully saturated rings. The van der Waals surface area contributed by atoms with Gasteiger partial charge in [0.25, 0.3) is 0 Å². The standard InChI is InChI=1S/C19H29N3O/c1-19(2,3)18(23)22-14-12-21(13-15-22)17-8-6-16(7-9-17)20-10-4-5-11-20/h6-9H,4-5,10-15H2,1-3H3. The SMILES string of the molecule is CC(C)(C)C(=O)N1CCN(c2ccc(N3CCCC3)cc2)CC1. The van der Waals surface area contributed by atoms with E-state index < -0.39 is 0 Å². The Kier molecular flexibility index (Phi) is 4.51. The summed E-state index contributed by atoms with van der Waals surface area (Å²) in [5.41, 5.74) is 2.34. The second kappa shape index (κ2) is 6.42. The molecule has 2 aliphatic heterocycles. The lowest BCUT2D eigenvalue weighted by atomic mass is 9.94. The molecule has 3 rings (SSSR count). The van der Waals surface area contributed by atoms with Gasteiger partial charge in [0.15, 0.2) is 0 Å². The fourth-order valence-electron chi connectivity index (χ4n) is 3.49. The first-order valence-electron chi connectivity index (χ1n) is 8.84. The summed E-state index contributed by atoms with van der Waals surface area (Å²) in [7, 11) is 0. The lowest BCUT2D eigenvalue weighted by Gasteiger charge is -2.38. The van der Waals surface area contributed by atoms with E-state index in [1.165, 1.54) is 37.3 Å². The van der Waals surface area contributed by atoms with Crippen LogP contribution >= 0.6 is 0 Å². The third-order valence-electron chi connectivity index (χ3n) is 4.89. The molecule has 0 atom stereocenters. The highest BCUT2D eigenvalue weighted by Crippen LogP contribution is 2.25. The van der Waals surface area contributed by atoms with Crippen molar-refractivity contribution in [2.45, 2.75) is 33.6 Å². The molecule has 0 spiro atoms. The summed E-state index contributed by atoms with van der Waals surface area (Å²) in [5, 5.41) is 0. The normalized spacial score (nSPS) is 19.3. The van der Waals surface area contributed by atoms with Gasteiger partial charge in [0.05, 0.1) is 0 Å². The number of hydrogen-bond acceptors (Lipinski definition) is 3. The monoisotopic (exact) mass is 315 g/mol. The van der Waals surface area contributed by atoms with Gasteiger partial charge in [-0.3, -0.25) is 4.79 Å². The fraction of sp³-hybridized carbons (Fsp3) is 0.632. The van der Waals surface area contributed by atoms with E-state index >= 15 is 0 Å². The minimum absolute atomic E-state index is 0.265. The minimum Gasteiger partial charge on any atom is -0.372 e. The molecule has 0 bridgehead atoms. The number of rotatable bonds is 2. The summed E-state index contributed by atoms with van der Waals surface area (Å²) in [6.45, 7) is 11.9. The van der Waals surface area contributed by atoms with Gasteiger partial charge in [-0.25, -0.2) is 0 Å². The number of carbonyl (C=O) groups excluding carboxylic acids is 1. The number of carbonyl (C=O) groups is 1. The van der Waals surface area contributed by atoms with Gasteiger partial charge in [0.2, 0.25) is 5.91 Å². The molecule has 0 saturated carbocycles. The molecular formula is C19H29N3O. The number of amides is 1. The number of anilines is 2. The van der Waals surface area contributed by atoms with Crippen molar-refractivity contribution in [1.82, 2.24) is 4.90 Å². The third-order valence-corrected chi connectivity index (χ3v) is 4.89. The van der Waals surface area contributed by atoms with Crippen LogP contribution in [0.25, 0.3) is 0 Å². The maximum atomic E-state index is 12.4. The average Bonchev–Trinajstić information content (AvgIpc) is 3.08. The highest BCUT2D eigenvalue weighted by atomic mass is 16.2. The molecule has 0 aliphatic carbocycles. The van der Waals surface area contributed by atoms with Crippen molar-refractivity contribution in [3.8, 4) is 0 Å². The van der Waals surface area contributed by atoms with Crippen LogP contribution in [0.3, 0.4) is 0 Å². The number of hydrogen-bond donors (Lipinski definition) is 0. The van der Waals surface area contributed by atoms with Crippen LogP contribution in [0, 0.1) is 5.41 Å². The largest absolute Gasteiger partial charge is 0.372 e. The van der Waals surface area contributed by atoms with Crippen molar-refractivity contribution < 1.29 is 4.79 Å². The fourth-order valence-corrected chi connectivity index (χ4v) is 3.49. The summed E-state index contributed by atoms with van der Waals surface area (Å²) in [6.07, 6.45) is 2.62. The second-order valence-corrected chi connectivity index (χ2v) is 7.74. The van der Waals surface area contributed by atoms with Crippen molar-refractivity contribution >= 4 is 17.3 Å². The van der Waals surface area contributed by atoms with Crippen LogP contribution < -0.4 is 9.80 Å². The Balaban J connectivity index is 1.58. The highest BCUT2D eigenvalue weighted by Gasteiger charge is 2.29. The molecule has 2 saturated heterocycles. The van der Waals surface area contributed by atoms with E-state index in [1.807, 2.05) is 25.7 Å². The zero-order valence-corrected chi connectivity index (χ0v) is 14.7. The molecule has 2 heterocycles. The van der Waals surface area contributed by atoms with Crippen molar-refractivity contribution in [1.29, 1.82) is 0 Å². The van der Waals surface area contributed by atoms with Crippen LogP contribution in [-0.2, 0) is 4.79 Å². The van der Waals surface area contributed by atoms with E-state index in [0.29, 0.717) is 0 Å². The van der Waals surface area contributed by atoms with E-state index in [9.17, 15) is 4.79 Å². The number of piperazine rings is 1. The Morgan fingerprint density at radius 1 is 0.783 bits per heavy atom. The molecule has 23 heavy (non-hydrogen) atoms. The Hall–Kier alpha value is -1.71. The maximum Gasteiger partial charge on any atom is 0.228 e. The van der Waals surface area contributed by atoms with Crippen LogP contribution in [0.1, 0.15) is 33.6 Å². The minimum atomic E-state index is -0.278. The van der Waals surface area contributed by atoms with Crippen LogP contribution in [-0.4, -0.2) is 50.1 Å². The number of nitrogens with zero attached hydrogens (tertiary/aromatic N) is 3. The van der Waals surface area contributed by atoms with Crippen molar-refractivity contribution in [2.75, 3.05) is 49.1 Å². The molecular weight excluding hydrogens is 286 g/mol. The second-order valence-electron chi connectivity index (χ2n) is 7.74. The van der Waals surface area contributed by atoms with Crippen molar-refractivity contribution in [3.05, 3.63) is 24.3 Å². The molecule has 0 aromatic heterocycles. The quantitative estimate of drug-likeness (QED) is 0.839. The summed E-state index contributed by atoms with van der Waals surface area (Å²) in [6, 6.07) is 8.95. The van der Waals surface area contributed by atoms with Crippen LogP contribution in [0.2, 0.25) is 0 Å². The lowest BCUT2D eigenvalue weighted by Crippen LogP contribution is -2.51. The first-order chi connectivity index (χ1) is 10.9. The highest BCUT2D eigenvalue weighted by molar-refractivity contribution is 5.81. The van der Waals surface area contributed by atoms with E-state index in [4.69, 9.17) is 0 Å². The molecule has 1 amide bonds. The van der Waals surface area contributed by atoms with E-state index in [2.05, 4.69) is 34.1 Å². The zero-order chi connectivity index (χ0) is 16.4. The van der Waals surface area contributed by atoms with Crippen LogP contribution in [0.4, 0.5) is 11.4 Å². The molecule has 4 heteroatoms. The Morgan fingerprint density at radius 3 is 1.65 bits per heavy atom. The predicted molar refractivity (Wildman–Crippen MR) is 96.1 cm³/mol. The maximum absolute atomic E-state index is 12.4. The van der Waals surface area contributed by atoms with E-state index in [-0.39, 0.29) is 11.3 Å². The molecule has 4 nitrogen and oxygen atoms in total. The third kappa shape index (κ3) is 3.62. The van der Waals surface area contributed by atoms with Gasteiger partial charge in [-0.2, -0.15) is 0 Å². The van der Waals surface area contributed by atoms with Crippen molar-refractivity contribution in [2.24, 2.45) is 5.41 Å². The molecule has 126 valence electrons. The number of benzene rings is 1. The van der Waals surface area contributed by atoms with Crippen LogP contribution in [0.15, 0.2) is 24.3 Å². The predicted octanol–water partition coefficient (Wildman–Crippen LogP) is 2.98. The van der Waals surface area contributed by atoms with Gasteiger partial charge in [0.1, 0.15) is 0 Å². The lowest BCUT2D eigenvalue weighted by molar-refractivity contribution is -0.139. The smallest absolute Gasteiger partial charge is 0.228 e. The van der Waals surface area contributed by atoms with Gasteiger partial charge < -0.3 is 14.7 Å². The van der Waals surface area contributed by atoms with Gasteiger partial charge in [-0.1, -0.05) is 20.8 Å². The molecule has 1 aromatic rings. The van der Waals surface area contributed by atoms with Gasteiger partial charge in [-0.15, -0.1) is 0 Å². The van der Waals surface area contributed by atoms with Gasteiger partial charge >= 0.3 is 0 Å². The van der Waals surface area contributed by atoms with E-state index in [0.717, 1.165) is 26.2 Å². The summed E-state index contributed by atoms with van der Waals surface area (Å²) in [5.74, 6) is 0.265. The summed E-state index contributed by atoms with van der Waals surface area (Å²) < 4.78 is 0. The molecule has 0 N–H and O–H groups in total. The molecule has 0 radical (unpaired) electrons. The van der Waals surface area contributed by atoms with Gasteiger partial charge in [0, 0.05) is 56.1 Å². The molecule has 2 aliphatic rings. The topological polar surface area (TPSA) is 26.8 Å². The van der Waals surface area contributed by atoms with Gasteiger partial charge in [-0.05, 0) is 37.1 Å².